The molecule has 4 rings (SSSR count). The molecule has 6 heteroatoms. The van der Waals surface area contributed by atoms with Crippen molar-refractivity contribution in [2.24, 2.45) is 11.8 Å². The Morgan fingerprint density at radius 1 is 1.04 bits per heavy atom. The Labute approximate surface area is 155 Å². The van der Waals surface area contributed by atoms with Crippen molar-refractivity contribution in [2.45, 2.75) is 70.1 Å². The van der Waals surface area contributed by atoms with Gasteiger partial charge in [-0.3, -0.25) is 4.79 Å². The van der Waals surface area contributed by atoms with E-state index in [-0.39, 0.29) is 0 Å². The molecule has 2 aliphatic heterocycles. The largest absolute Gasteiger partial charge is 0.381 e. The highest BCUT2D eigenvalue weighted by atomic mass is 16.5. The van der Waals surface area contributed by atoms with E-state index >= 15 is 0 Å². The van der Waals surface area contributed by atoms with Gasteiger partial charge in [-0.05, 0) is 50.4 Å². The van der Waals surface area contributed by atoms with Crippen LogP contribution in [0.5, 0.6) is 0 Å². The quantitative estimate of drug-likeness (QED) is 0.805. The van der Waals surface area contributed by atoms with Gasteiger partial charge < -0.3 is 14.2 Å². The molecule has 1 saturated carbocycles. The van der Waals surface area contributed by atoms with Gasteiger partial charge in [-0.25, -0.2) is 0 Å². The van der Waals surface area contributed by atoms with Gasteiger partial charge in [0.05, 0.1) is 0 Å². The van der Waals surface area contributed by atoms with E-state index in [0.29, 0.717) is 23.7 Å². The van der Waals surface area contributed by atoms with E-state index < -0.39 is 0 Å². The van der Waals surface area contributed by atoms with Gasteiger partial charge >= 0.3 is 0 Å². The Morgan fingerprint density at radius 3 is 2.62 bits per heavy atom. The van der Waals surface area contributed by atoms with E-state index in [1.165, 1.54) is 25.7 Å². The molecule has 0 aromatic carbocycles. The summed E-state index contributed by atoms with van der Waals surface area (Å²) in [5.41, 5.74) is 0. The summed E-state index contributed by atoms with van der Waals surface area (Å²) in [5.74, 6) is 3.38. The second-order valence-electron chi connectivity index (χ2n) is 8.34. The lowest BCUT2D eigenvalue weighted by Crippen LogP contribution is -2.41. The number of aromatic nitrogens is 2. The average molecular weight is 361 g/mol. The molecule has 3 heterocycles. The molecule has 0 spiro atoms. The summed E-state index contributed by atoms with van der Waals surface area (Å²) in [5, 5.41) is 4.21. The monoisotopic (exact) mass is 361 g/mol. The third-order valence-electron chi connectivity index (χ3n) is 6.34. The first kappa shape index (κ1) is 18.0. The molecule has 1 aliphatic carbocycles. The molecule has 0 radical (unpaired) electrons. The fourth-order valence-electron chi connectivity index (χ4n) is 4.77. The molecule has 3 aliphatic rings. The SMILES string of the molecule is O=C(CC1CCCC1)N1CCCC(Cc2nc(C3CCOCC3)no2)C1. The molecule has 2 saturated heterocycles. The van der Waals surface area contributed by atoms with Crippen LogP contribution in [-0.4, -0.2) is 47.3 Å². The van der Waals surface area contributed by atoms with Crippen LogP contribution < -0.4 is 0 Å². The molecular weight excluding hydrogens is 330 g/mol. The maximum Gasteiger partial charge on any atom is 0.226 e. The van der Waals surface area contributed by atoms with Crippen molar-refractivity contribution in [1.82, 2.24) is 15.0 Å². The minimum absolute atomic E-state index is 0.357. The molecule has 144 valence electrons. The zero-order valence-corrected chi connectivity index (χ0v) is 15.7. The third kappa shape index (κ3) is 4.45. The van der Waals surface area contributed by atoms with Crippen molar-refractivity contribution < 1.29 is 14.1 Å². The lowest BCUT2D eigenvalue weighted by Gasteiger charge is -2.33. The summed E-state index contributed by atoms with van der Waals surface area (Å²) in [4.78, 5) is 19.4. The summed E-state index contributed by atoms with van der Waals surface area (Å²) < 4.78 is 10.9. The molecule has 1 atom stereocenters. The number of piperidine rings is 1. The normalized spacial score (nSPS) is 25.7. The van der Waals surface area contributed by atoms with Crippen molar-refractivity contribution in [2.75, 3.05) is 26.3 Å². The number of hydrogen-bond acceptors (Lipinski definition) is 5. The Kier molecular flexibility index (Phi) is 5.88. The second kappa shape index (κ2) is 8.51. The topological polar surface area (TPSA) is 68.5 Å². The number of carbonyl (C=O) groups excluding carboxylic acids is 1. The Morgan fingerprint density at radius 2 is 1.81 bits per heavy atom. The van der Waals surface area contributed by atoms with Gasteiger partial charge in [0.1, 0.15) is 0 Å². The highest BCUT2D eigenvalue weighted by molar-refractivity contribution is 5.76. The van der Waals surface area contributed by atoms with E-state index in [1.54, 1.807) is 0 Å². The minimum atomic E-state index is 0.357. The number of likely N-dealkylation sites (tertiary alicyclic amines) is 1. The zero-order valence-electron chi connectivity index (χ0n) is 15.7. The van der Waals surface area contributed by atoms with Crippen molar-refractivity contribution in [1.29, 1.82) is 0 Å². The number of amides is 1. The molecule has 6 nitrogen and oxygen atoms in total. The Balaban J connectivity index is 1.29. The third-order valence-corrected chi connectivity index (χ3v) is 6.34. The van der Waals surface area contributed by atoms with E-state index in [2.05, 4.69) is 15.0 Å². The van der Waals surface area contributed by atoms with Crippen LogP contribution in [-0.2, 0) is 16.0 Å². The van der Waals surface area contributed by atoms with Crippen molar-refractivity contribution >= 4 is 5.91 Å². The molecule has 3 fully saturated rings. The van der Waals surface area contributed by atoms with Crippen LogP contribution in [0.15, 0.2) is 4.52 Å². The zero-order chi connectivity index (χ0) is 17.8. The first-order valence-electron chi connectivity index (χ1n) is 10.5. The summed E-state index contributed by atoms with van der Waals surface area (Å²) in [6, 6.07) is 0. The Hall–Kier alpha value is -1.43. The van der Waals surface area contributed by atoms with Gasteiger partial charge in [0.25, 0.3) is 0 Å². The molecule has 1 aromatic rings. The van der Waals surface area contributed by atoms with Gasteiger partial charge in [0.15, 0.2) is 5.82 Å². The van der Waals surface area contributed by atoms with Gasteiger partial charge in [0, 0.05) is 45.1 Å². The maximum absolute atomic E-state index is 12.6. The van der Waals surface area contributed by atoms with Crippen LogP contribution >= 0.6 is 0 Å². The molecule has 0 N–H and O–H groups in total. The fourth-order valence-corrected chi connectivity index (χ4v) is 4.77. The highest BCUT2D eigenvalue weighted by Gasteiger charge is 2.28. The van der Waals surface area contributed by atoms with Gasteiger partial charge in [-0.1, -0.05) is 18.0 Å². The number of ether oxygens (including phenoxy) is 1. The molecule has 1 amide bonds. The van der Waals surface area contributed by atoms with Crippen LogP contribution in [0, 0.1) is 11.8 Å². The number of carbonyl (C=O) groups is 1. The van der Waals surface area contributed by atoms with Crippen molar-refractivity contribution in [3.05, 3.63) is 11.7 Å². The fraction of sp³-hybridized carbons (Fsp3) is 0.850. The minimum Gasteiger partial charge on any atom is -0.381 e. The predicted molar refractivity (Wildman–Crippen MR) is 96.7 cm³/mol. The second-order valence-corrected chi connectivity index (χ2v) is 8.34. The van der Waals surface area contributed by atoms with Crippen LogP contribution in [0.25, 0.3) is 0 Å². The number of hydrogen-bond donors (Lipinski definition) is 0. The van der Waals surface area contributed by atoms with E-state index in [9.17, 15) is 4.79 Å². The van der Waals surface area contributed by atoms with Crippen molar-refractivity contribution in [3.63, 3.8) is 0 Å². The predicted octanol–water partition coefficient (Wildman–Crippen LogP) is 3.33. The Bertz CT molecular complexity index is 591. The maximum atomic E-state index is 12.6. The molecular formula is C20H31N3O3. The van der Waals surface area contributed by atoms with E-state index in [1.807, 2.05) is 0 Å². The molecule has 1 aromatic heterocycles. The van der Waals surface area contributed by atoms with Gasteiger partial charge in [0.2, 0.25) is 11.8 Å². The average Bonchev–Trinajstić information content (AvgIpc) is 3.35. The van der Waals surface area contributed by atoms with Crippen LogP contribution in [0.1, 0.15) is 75.4 Å². The van der Waals surface area contributed by atoms with Gasteiger partial charge in [-0.15, -0.1) is 0 Å². The number of rotatable bonds is 5. The lowest BCUT2D eigenvalue weighted by atomic mass is 9.93. The van der Waals surface area contributed by atoms with Crippen LogP contribution in [0.2, 0.25) is 0 Å². The van der Waals surface area contributed by atoms with Crippen LogP contribution in [0.3, 0.4) is 0 Å². The number of nitrogens with zero attached hydrogens (tertiary/aromatic N) is 3. The van der Waals surface area contributed by atoms with E-state index in [4.69, 9.17) is 9.26 Å². The summed E-state index contributed by atoms with van der Waals surface area (Å²) in [6.45, 7) is 3.34. The standard InChI is InChI=1S/C20H31N3O3/c24-19(13-15-4-1-2-5-15)23-9-3-6-16(14-23)12-18-21-20(22-26-18)17-7-10-25-11-8-17/h15-17H,1-14H2. The first-order chi connectivity index (χ1) is 12.8. The van der Waals surface area contributed by atoms with Gasteiger partial charge in [-0.2, -0.15) is 4.98 Å². The summed E-state index contributed by atoms with van der Waals surface area (Å²) in [6.07, 6.45) is 10.8. The smallest absolute Gasteiger partial charge is 0.226 e. The summed E-state index contributed by atoms with van der Waals surface area (Å²) >= 11 is 0. The molecule has 0 bridgehead atoms. The van der Waals surface area contributed by atoms with Crippen molar-refractivity contribution in [3.8, 4) is 0 Å². The highest BCUT2D eigenvalue weighted by Crippen LogP contribution is 2.30. The lowest BCUT2D eigenvalue weighted by molar-refractivity contribution is -0.134. The first-order valence-corrected chi connectivity index (χ1v) is 10.5. The molecule has 26 heavy (non-hydrogen) atoms. The molecule has 1 unspecified atom stereocenters. The summed E-state index contributed by atoms with van der Waals surface area (Å²) in [7, 11) is 0. The van der Waals surface area contributed by atoms with Crippen LogP contribution in [0.4, 0.5) is 0 Å². The van der Waals surface area contributed by atoms with E-state index in [0.717, 1.165) is 76.5 Å².